The van der Waals surface area contributed by atoms with Gasteiger partial charge in [-0.25, -0.2) is 0 Å². The van der Waals surface area contributed by atoms with E-state index >= 15 is 0 Å². The third-order valence-electron chi connectivity index (χ3n) is 10.3. The molecule has 0 aromatic heterocycles. The molecule has 4 unspecified atom stereocenters. The van der Waals surface area contributed by atoms with Crippen LogP contribution >= 0.6 is 0 Å². The molecule has 3 aliphatic carbocycles. The number of hydrogen-bond acceptors (Lipinski definition) is 2. The van der Waals surface area contributed by atoms with Crippen molar-refractivity contribution in [2.24, 2.45) is 0 Å². The SMILES string of the molecule is C#CCN(C)C1CCc2cc(C)ccc21.C#CC[N+](C)(C)C1CCc2cc(C)ccc21.C#CC[N+](C)([O-])C1CCc2cc(C)ccc21. The molecule has 3 aliphatic rings. The number of hydroxylamine groups is 3. The summed E-state index contributed by atoms with van der Waals surface area (Å²) in [5, 5.41) is 12.3. The zero-order valence-corrected chi connectivity index (χ0v) is 29.8. The van der Waals surface area contributed by atoms with Gasteiger partial charge in [0.25, 0.3) is 0 Å². The van der Waals surface area contributed by atoms with Crippen LogP contribution in [0.5, 0.6) is 0 Å². The van der Waals surface area contributed by atoms with Crippen LogP contribution in [0.1, 0.15) is 87.5 Å². The average molecular weight is 629 g/mol. The zero-order valence-electron chi connectivity index (χ0n) is 29.8. The molecule has 0 amide bonds. The molecule has 4 nitrogen and oxygen atoms in total. The highest BCUT2D eigenvalue weighted by molar-refractivity contribution is 5.39. The van der Waals surface area contributed by atoms with Crippen molar-refractivity contribution in [2.45, 2.75) is 77.4 Å². The molecule has 6 rings (SSSR count). The number of benzene rings is 3. The predicted molar refractivity (Wildman–Crippen MR) is 197 cm³/mol. The summed E-state index contributed by atoms with van der Waals surface area (Å²) in [4.78, 5) is 2.27. The number of rotatable bonds is 6. The lowest BCUT2D eigenvalue weighted by Gasteiger charge is -2.42. The normalized spacial score (nSPS) is 20.2. The number of quaternary nitrogens is 2. The first kappa shape index (κ1) is 36.0. The topological polar surface area (TPSA) is 26.3 Å². The first-order valence-electron chi connectivity index (χ1n) is 17.0. The van der Waals surface area contributed by atoms with Crippen molar-refractivity contribution in [3.05, 3.63) is 110 Å². The van der Waals surface area contributed by atoms with Crippen molar-refractivity contribution in [1.29, 1.82) is 0 Å². The maximum Gasteiger partial charge on any atom is 0.140 e. The van der Waals surface area contributed by atoms with Crippen LogP contribution in [0, 0.1) is 63.0 Å². The summed E-state index contributed by atoms with van der Waals surface area (Å²) in [5.74, 6) is 8.00. The van der Waals surface area contributed by atoms with Crippen LogP contribution < -0.4 is 0 Å². The summed E-state index contributed by atoms with van der Waals surface area (Å²) >= 11 is 0. The predicted octanol–water partition coefficient (Wildman–Crippen LogP) is 7.80. The van der Waals surface area contributed by atoms with E-state index in [4.69, 9.17) is 19.3 Å². The molecule has 0 spiro atoms. The fraction of sp³-hybridized carbons (Fsp3) is 0.442. The van der Waals surface area contributed by atoms with Gasteiger partial charge in [0.1, 0.15) is 25.2 Å². The van der Waals surface area contributed by atoms with E-state index in [1.54, 1.807) is 7.05 Å². The fourth-order valence-electron chi connectivity index (χ4n) is 7.81. The van der Waals surface area contributed by atoms with Crippen LogP contribution in [0.2, 0.25) is 0 Å². The average Bonchev–Trinajstić information content (AvgIpc) is 3.74. The van der Waals surface area contributed by atoms with Crippen LogP contribution in [0.3, 0.4) is 0 Å². The largest absolute Gasteiger partial charge is 0.632 e. The molecule has 0 saturated carbocycles. The summed E-state index contributed by atoms with van der Waals surface area (Å²) in [6, 6.07) is 21.1. The second kappa shape index (κ2) is 15.4. The van der Waals surface area contributed by atoms with Crippen LogP contribution in [-0.2, 0) is 19.3 Å². The van der Waals surface area contributed by atoms with E-state index < -0.39 is 0 Å². The van der Waals surface area contributed by atoms with E-state index in [2.05, 4.69) is 119 Å². The van der Waals surface area contributed by atoms with Crippen molar-refractivity contribution < 1.29 is 9.13 Å². The van der Waals surface area contributed by atoms with E-state index in [9.17, 15) is 5.21 Å². The van der Waals surface area contributed by atoms with Gasteiger partial charge in [-0.05, 0) is 87.6 Å². The molecule has 0 radical (unpaired) electrons. The molecule has 0 N–H and O–H groups in total. The highest BCUT2D eigenvalue weighted by atomic mass is 16.5. The van der Waals surface area contributed by atoms with E-state index in [0.29, 0.717) is 12.1 Å². The number of terminal acetylenes is 3. The molecule has 0 saturated heterocycles. The monoisotopic (exact) mass is 628 g/mol. The molecule has 0 aliphatic heterocycles. The van der Waals surface area contributed by atoms with Crippen LogP contribution in [0.15, 0.2) is 54.6 Å². The number of hydrogen-bond donors (Lipinski definition) is 0. The third kappa shape index (κ3) is 8.56. The molecule has 4 heteroatoms. The van der Waals surface area contributed by atoms with Gasteiger partial charge in [-0.2, -0.15) is 0 Å². The molecule has 246 valence electrons. The summed E-state index contributed by atoms with van der Waals surface area (Å²) < 4.78 is 0.569. The van der Waals surface area contributed by atoms with Gasteiger partial charge >= 0.3 is 0 Å². The number of fused-ring (bicyclic) bond motifs is 3. The van der Waals surface area contributed by atoms with E-state index in [1.165, 1.54) is 75.8 Å². The summed E-state index contributed by atoms with van der Waals surface area (Å²) in [5.41, 5.74) is 12.5. The van der Waals surface area contributed by atoms with E-state index in [1.807, 2.05) is 0 Å². The third-order valence-corrected chi connectivity index (χ3v) is 10.3. The van der Waals surface area contributed by atoms with Gasteiger partial charge in [-0.15, -0.1) is 19.3 Å². The minimum atomic E-state index is -0.341. The van der Waals surface area contributed by atoms with Crippen molar-refractivity contribution in [1.82, 2.24) is 4.90 Å². The Kier molecular flexibility index (Phi) is 11.8. The highest BCUT2D eigenvalue weighted by Crippen LogP contribution is 2.40. The highest BCUT2D eigenvalue weighted by Gasteiger charge is 2.35. The fourth-order valence-corrected chi connectivity index (χ4v) is 7.81. The second-order valence-corrected chi connectivity index (χ2v) is 14.6. The molecule has 4 atom stereocenters. The van der Waals surface area contributed by atoms with Gasteiger partial charge in [0, 0.05) is 30.0 Å². The Hall–Kier alpha value is -3.82. The molecule has 0 bridgehead atoms. The van der Waals surface area contributed by atoms with Gasteiger partial charge < -0.3 is 14.3 Å². The van der Waals surface area contributed by atoms with Gasteiger partial charge in [-0.3, -0.25) is 4.90 Å². The van der Waals surface area contributed by atoms with Crippen LogP contribution in [-0.4, -0.2) is 61.9 Å². The van der Waals surface area contributed by atoms with E-state index in [0.717, 1.165) is 30.4 Å². The quantitative estimate of drug-likeness (QED) is 0.158. The van der Waals surface area contributed by atoms with Crippen LogP contribution in [0.4, 0.5) is 0 Å². The van der Waals surface area contributed by atoms with Crippen molar-refractivity contribution >= 4 is 0 Å². The summed E-state index contributed by atoms with van der Waals surface area (Å²) in [7, 11) is 8.26. The van der Waals surface area contributed by atoms with Gasteiger partial charge in [0.05, 0.1) is 27.7 Å². The molecule has 0 heterocycles. The lowest BCUT2D eigenvalue weighted by atomic mass is 10.0. The van der Waals surface area contributed by atoms with E-state index in [-0.39, 0.29) is 17.2 Å². The Balaban J connectivity index is 0.000000160. The van der Waals surface area contributed by atoms with Crippen molar-refractivity contribution in [3.63, 3.8) is 0 Å². The Labute approximate surface area is 285 Å². The minimum Gasteiger partial charge on any atom is -0.632 e. The maximum atomic E-state index is 12.3. The van der Waals surface area contributed by atoms with Gasteiger partial charge in [0.15, 0.2) is 0 Å². The first-order valence-corrected chi connectivity index (χ1v) is 17.0. The molecular formula is C43H54N3O+. The maximum absolute atomic E-state index is 12.3. The van der Waals surface area contributed by atoms with Crippen molar-refractivity contribution in [3.8, 4) is 37.0 Å². The van der Waals surface area contributed by atoms with Crippen LogP contribution in [0.25, 0.3) is 0 Å². The lowest BCUT2D eigenvalue weighted by Crippen LogP contribution is -2.42. The molecule has 47 heavy (non-hydrogen) atoms. The Morgan fingerprint density at radius 1 is 0.660 bits per heavy atom. The smallest absolute Gasteiger partial charge is 0.140 e. The molecule has 3 aromatic rings. The molecule has 0 fully saturated rings. The Morgan fingerprint density at radius 3 is 1.62 bits per heavy atom. The molecule has 3 aromatic carbocycles. The summed E-state index contributed by atoms with van der Waals surface area (Å²) in [6.45, 7) is 8.18. The Bertz CT molecular complexity index is 1590. The minimum absolute atomic E-state index is 0.0200. The standard InChI is InChI=1S/C15H20N.C14H17NO.C14H17N/c1-5-10-16(3,4)15-9-7-13-11-12(2)6-8-14(13)15;1-4-9-15(3,16)14-8-6-12-10-11(2)5-7-13(12)14;1-4-9-15(3)14-8-6-12-10-11(2)5-7-13(12)14/h1,6,8,11,15H,7,9-10H2,2-4H3;1,5,7,10,14H,6,8-9H2,2-3H3;1,5,7,10,14H,6,8-9H2,2-3H3/q+1;;. The van der Waals surface area contributed by atoms with Gasteiger partial charge in [0.2, 0.25) is 0 Å². The lowest BCUT2D eigenvalue weighted by molar-refractivity contribution is -0.914. The first-order chi connectivity index (χ1) is 22.3. The Morgan fingerprint density at radius 2 is 1.11 bits per heavy atom. The van der Waals surface area contributed by atoms with Crippen molar-refractivity contribution in [2.75, 3.05) is 47.8 Å². The molecular weight excluding hydrogens is 574 g/mol. The number of nitrogens with zero attached hydrogens (tertiary/aromatic N) is 3. The second-order valence-electron chi connectivity index (χ2n) is 14.6. The van der Waals surface area contributed by atoms with Gasteiger partial charge in [-0.1, -0.05) is 77.2 Å². The number of aryl methyl sites for hydroxylation is 6. The zero-order chi connectivity index (χ0) is 34.4. The summed E-state index contributed by atoms with van der Waals surface area (Å²) in [6.07, 6.45) is 22.8.